The lowest BCUT2D eigenvalue weighted by Crippen LogP contribution is -2.30. The molecule has 0 spiro atoms. The Balaban J connectivity index is 5.21. The highest BCUT2D eigenvalue weighted by Gasteiger charge is 2.30. The summed E-state index contributed by atoms with van der Waals surface area (Å²) in [6.07, 6.45) is 62.6. The van der Waals surface area contributed by atoms with Gasteiger partial charge in [0.15, 0.2) is 12.2 Å². The molecular formula is C81H158O17P2. The van der Waals surface area contributed by atoms with Crippen LogP contribution in [0.4, 0.5) is 0 Å². The largest absolute Gasteiger partial charge is 0.472 e. The van der Waals surface area contributed by atoms with E-state index in [9.17, 15) is 43.2 Å². The Labute approximate surface area is 613 Å². The number of rotatable bonds is 80. The van der Waals surface area contributed by atoms with Crippen LogP contribution in [0.2, 0.25) is 0 Å². The number of hydrogen-bond acceptors (Lipinski definition) is 15. The van der Waals surface area contributed by atoms with Crippen LogP contribution in [0.5, 0.6) is 0 Å². The quantitative estimate of drug-likeness (QED) is 0.0222. The molecule has 100 heavy (non-hydrogen) atoms. The summed E-state index contributed by atoms with van der Waals surface area (Å²) >= 11 is 0. The topological polar surface area (TPSA) is 237 Å². The number of carbonyl (C=O) groups excluding carboxylic acids is 4. The van der Waals surface area contributed by atoms with Gasteiger partial charge in [0, 0.05) is 25.7 Å². The minimum atomic E-state index is -4.96. The van der Waals surface area contributed by atoms with Gasteiger partial charge in [0.1, 0.15) is 19.3 Å². The van der Waals surface area contributed by atoms with Crippen molar-refractivity contribution in [3.63, 3.8) is 0 Å². The summed E-state index contributed by atoms with van der Waals surface area (Å²) in [5.74, 6) is -0.629. The third kappa shape index (κ3) is 73.0. The maximum Gasteiger partial charge on any atom is 0.472 e. The molecular weight excluding hydrogens is 1310 g/mol. The summed E-state index contributed by atoms with van der Waals surface area (Å²) in [6, 6.07) is 0. The predicted octanol–water partition coefficient (Wildman–Crippen LogP) is 24.3. The molecule has 594 valence electrons. The van der Waals surface area contributed by atoms with Crippen molar-refractivity contribution in [1.82, 2.24) is 0 Å². The van der Waals surface area contributed by atoms with E-state index in [1.165, 1.54) is 238 Å². The number of ether oxygens (including phenoxy) is 4. The fraction of sp³-hybridized carbons (Fsp3) is 0.951. The van der Waals surface area contributed by atoms with Crippen molar-refractivity contribution in [2.24, 2.45) is 11.8 Å². The van der Waals surface area contributed by atoms with Crippen LogP contribution in [-0.2, 0) is 65.4 Å². The van der Waals surface area contributed by atoms with E-state index in [0.717, 1.165) is 102 Å². The average Bonchev–Trinajstić information content (AvgIpc) is 0.920. The molecule has 0 fully saturated rings. The normalized spacial score (nSPS) is 14.2. The third-order valence-corrected chi connectivity index (χ3v) is 21.2. The van der Waals surface area contributed by atoms with Gasteiger partial charge in [0.25, 0.3) is 0 Å². The van der Waals surface area contributed by atoms with E-state index in [-0.39, 0.29) is 25.7 Å². The molecule has 3 unspecified atom stereocenters. The number of aliphatic hydroxyl groups excluding tert-OH is 1. The van der Waals surface area contributed by atoms with Gasteiger partial charge in [-0.25, -0.2) is 9.13 Å². The Morgan fingerprint density at radius 2 is 0.510 bits per heavy atom. The lowest BCUT2D eigenvalue weighted by Gasteiger charge is -2.21. The van der Waals surface area contributed by atoms with Crippen molar-refractivity contribution in [3.8, 4) is 0 Å². The minimum absolute atomic E-state index is 0.105. The first kappa shape index (κ1) is 98.1. The van der Waals surface area contributed by atoms with Crippen LogP contribution in [-0.4, -0.2) is 96.7 Å². The molecule has 0 saturated heterocycles. The molecule has 0 aromatic heterocycles. The van der Waals surface area contributed by atoms with Gasteiger partial charge in [0.05, 0.1) is 26.4 Å². The fourth-order valence-corrected chi connectivity index (χ4v) is 14.1. The standard InChI is InChI=1S/C81H158O17P2/c1-7-10-12-14-16-18-20-22-24-26-27-28-29-30-32-34-36-41-45-53-59-65-80(85)97-76(69-91-78(83)63-57-51-44-40-35-33-31-25-23-21-19-17-15-13-11-8-2)71-95-99(87,88)93-67-75(82)68-94-100(89,90)96-72-77(70-92-79(84)64-58-52-48-47-49-55-61-73(4)5)98-81(86)66-60-54-46-42-38-37-39-43-50-56-62-74(6)9-3/h73-77,82H,7-72H2,1-6H3,(H,87,88)(H,89,90)/t74?,75-,76-,77-/m1/s1. The molecule has 0 aliphatic carbocycles. The van der Waals surface area contributed by atoms with E-state index in [1.807, 2.05) is 0 Å². The van der Waals surface area contributed by atoms with Gasteiger partial charge >= 0.3 is 39.5 Å². The molecule has 0 heterocycles. The first-order chi connectivity index (χ1) is 48.4. The van der Waals surface area contributed by atoms with Crippen LogP contribution in [0.25, 0.3) is 0 Å². The molecule has 19 heteroatoms. The number of phosphoric ester groups is 2. The zero-order valence-electron chi connectivity index (χ0n) is 65.5. The average molecular weight is 1470 g/mol. The van der Waals surface area contributed by atoms with Crippen molar-refractivity contribution in [2.75, 3.05) is 39.6 Å². The van der Waals surface area contributed by atoms with Crippen LogP contribution < -0.4 is 0 Å². The molecule has 0 bridgehead atoms. The molecule has 0 radical (unpaired) electrons. The number of phosphoric acid groups is 2. The summed E-state index contributed by atoms with van der Waals surface area (Å²) in [6.45, 7) is 9.57. The summed E-state index contributed by atoms with van der Waals surface area (Å²) < 4.78 is 68.7. The Morgan fingerprint density at radius 3 is 0.760 bits per heavy atom. The molecule has 0 aliphatic rings. The van der Waals surface area contributed by atoms with E-state index in [4.69, 9.17) is 37.0 Å². The predicted molar refractivity (Wildman–Crippen MR) is 409 cm³/mol. The number of esters is 4. The number of hydrogen-bond donors (Lipinski definition) is 3. The first-order valence-corrected chi connectivity index (χ1v) is 45.0. The summed E-state index contributed by atoms with van der Waals surface area (Å²) in [7, 11) is -9.92. The van der Waals surface area contributed by atoms with Crippen molar-refractivity contribution < 1.29 is 80.2 Å². The zero-order chi connectivity index (χ0) is 73.5. The van der Waals surface area contributed by atoms with E-state index in [2.05, 4.69) is 41.5 Å². The van der Waals surface area contributed by atoms with Gasteiger partial charge in [-0.2, -0.15) is 0 Å². The van der Waals surface area contributed by atoms with Gasteiger partial charge < -0.3 is 33.8 Å². The monoisotopic (exact) mass is 1470 g/mol. The van der Waals surface area contributed by atoms with Crippen molar-refractivity contribution in [1.29, 1.82) is 0 Å². The second-order valence-electron chi connectivity index (χ2n) is 29.9. The smallest absolute Gasteiger partial charge is 0.462 e. The van der Waals surface area contributed by atoms with E-state index < -0.39 is 97.5 Å². The summed E-state index contributed by atoms with van der Waals surface area (Å²) in [4.78, 5) is 73.0. The van der Waals surface area contributed by atoms with Gasteiger partial charge in [-0.05, 0) is 37.5 Å². The molecule has 0 rings (SSSR count). The molecule has 0 amide bonds. The zero-order valence-corrected chi connectivity index (χ0v) is 67.3. The lowest BCUT2D eigenvalue weighted by molar-refractivity contribution is -0.161. The summed E-state index contributed by atoms with van der Waals surface area (Å²) in [5, 5.41) is 10.6. The highest BCUT2D eigenvalue weighted by Crippen LogP contribution is 2.45. The van der Waals surface area contributed by atoms with Crippen molar-refractivity contribution in [3.05, 3.63) is 0 Å². The molecule has 0 aliphatic heterocycles. The highest BCUT2D eigenvalue weighted by atomic mass is 31.2. The number of unbranched alkanes of at least 4 members (excludes halogenated alkanes) is 49. The molecule has 17 nitrogen and oxygen atoms in total. The Kier molecular flexibility index (Phi) is 71.2. The van der Waals surface area contributed by atoms with Crippen LogP contribution in [0.1, 0.15) is 427 Å². The molecule has 0 saturated carbocycles. The second kappa shape index (κ2) is 72.6. The Bertz CT molecular complexity index is 1930. The van der Waals surface area contributed by atoms with Crippen LogP contribution in [0.15, 0.2) is 0 Å². The molecule has 3 N–H and O–H groups in total. The maximum atomic E-state index is 13.1. The second-order valence-corrected chi connectivity index (χ2v) is 32.8. The SMILES string of the molecule is CCCCCCCCCCCCCCCCCCCCCCCC(=O)O[C@H](COC(=O)CCCCCCCCCCCCCCCCCC)COP(=O)(O)OC[C@@H](O)COP(=O)(O)OC[C@@H](COC(=O)CCCCCCCCC(C)C)OC(=O)CCCCCCCCCCCCC(C)CC. The summed E-state index contributed by atoms with van der Waals surface area (Å²) in [5.41, 5.74) is 0. The number of aliphatic hydroxyl groups is 1. The van der Waals surface area contributed by atoms with Gasteiger partial charge in [-0.3, -0.25) is 37.3 Å². The molecule has 0 aromatic carbocycles. The van der Waals surface area contributed by atoms with Crippen LogP contribution in [0.3, 0.4) is 0 Å². The molecule has 6 atom stereocenters. The lowest BCUT2D eigenvalue weighted by atomic mass is 9.99. The van der Waals surface area contributed by atoms with Crippen molar-refractivity contribution >= 4 is 39.5 Å². The first-order valence-electron chi connectivity index (χ1n) is 42.0. The van der Waals surface area contributed by atoms with Crippen molar-refractivity contribution in [2.45, 2.75) is 445 Å². The van der Waals surface area contributed by atoms with Gasteiger partial charge in [0.2, 0.25) is 0 Å². The van der Waals surface area contributed by atoms with Crippen LogP contribution in [0, 0.1) is 11.8 Å². The Hall–Kier alpha value is -1.94. The van der Waals surface area contributed by atoms with E-state index in [1.54, 1.807) is 0 Å². The Morgan fingerprint density at radius 1 is 0.290 bits per heavy atom. The van der Waals surface area contributed by atoms with Gasteiger partial charge in [-0.15, -0.1) is 0 Å². The van der Waals surface area contributed by atoms with E-state index >= 15 is 0 Å². The third-order valence-electron chi connectivity index (χ3n) is 19.3. The van der Waals surface area contributed by atoms with Crippen LogP contribution >= 0.6 is 15.6 Å². The molecule has 0 aromatic rings. The van der Waals surface area contributed by atoms with Gasteiger partial charge in [-0.1, -0.05) is 375 Å². The minimum Gasteiger partial charge on any atom is -0.462 e. The fourth-order valence-electron chi connectivity index (χ4n) is 12.5. The highest BCUT2D eigenvalue weighted by molar-refractivity contribution is 7.47. The maximum absolute atomic E-state index is 13.1. The number of carbonyl (C=O) groups is 4. The van der Waals surface area contributed by atoms with E-state index in [0.29, 0.717) is 31.6 Å².